The maximum Gasteiger partial charge on any atom is 0.416 e. The Kier molecular flexibility index (Phi) is 4.81. The minimum absolute atomic E-state index is 0.144. The number of aliphatic hydroxyl groups excluding tert-OH is 1. The predicted molar refractivity (Wildman–Crippen MR) is 61.7 cm³/mol. The molecule has 1 N–H and O–H groups in total. The molecule has 0 saturated heterocycles. The second-order valence-electron chi connectivity index (χ2n) is 3.74. The molecule has 0 aliphatic heterocycles. The van der Waals surface area contributed by atoms with Crippen molar-refractivity contribution in [1.82, 2.24) is 0 Å². The highest BCUT2D eigenvalue weighted by atomic mass is 35.6. The highest BCUT2D eigenvalue weighted by Gasteiger charge is 2.42. The van der Waals surface area contributed by atoms with Crippen molar-refractivity contribution in [3.8, 4) is 0 Å². The van der Waals surface area contributed by atoms with E-state index < -0.39 is 38.9 Å². The van der Waals surface area contributed by atoms with E-state index in [1.54, 1.807) is 0 Å². The molecule has 10 heteroatoms. The van der Waals surface area contributed by atoms with E-state index in [-0.39, 0.29) is 6.07 Å². The van der Waals surface area contributed by atoms with Crippen LogP contribution in [0.15, 0.2) is 18.2 Å². The van der Waals surface area contributed by atoms with Crippen molar-refractivity contribution < 1.29 is 31.4 Å². The molecule has 20 heavy (non-hydrogen) atoms. The highest BCUT2D eigenvalue weighted by molar-refractivity contribution is 6.68. The Morgan fingerprint density at radius 3 is 1.75 bits per heavy atom. The zero-order valence-electron chi connectivity index (χ0n) is 9.16. The molecule has 114 valence electrons. The van der Waals surface area contributed by atoms with Gasteiger partial charge < -0.3 is 5.11 Å². The van der Waals surface area contributed by atoms with Gasteiger partial charge in [-0.3, -0.25) is 0 Å². The summed E-state index contributed by atoms with van der Waals surface area (Å²) in [7, 11) is 0. The van der Waals surface area contributed by atoms with Crippen LogP contribution in [0.4, 0.5) is 26.3 Å². The fraction of sp³-hybridized carbons (Fsp3) is 0.400. The zero-order valence-corrected chi connectivity index (χ0v) is 11.4. The Labute approximate surface area is 124 Å². The molecule has 0 amide bonds. The van der Waals surface area contributed by atoms with Gasteiger partial charge in [0.1, 0.15) is 6.10 Å². The summed E-state index contributed by atoms with van der Waals surface area (Å²) in [4.78, 5) is 0. The van der Waals surface area contributed by atoms with Crippen molar-refractivity contribution in [3.05, 3.63) is 34.9 Å². The number of rotatable bonds is 1. The maximum atomic E-state index is 12.8. The van der Waals surface area contributed by atoms with Gasteiger partial charge >= 0.3 is 12.4 Å². The van der Waals surface area contributed by atoms with Crippen molar-refractivity contribution in [1.29, 1.82) is 0 Å². The molecule has 1 atom stereocenters. The Balaban J connectivity index is 3.48. The van der Waals surface area contributed by atoms with Crippen LogP contribution in [0.5, 0.6) is 0 Å². The van der Waals surface area contributed by atoms with E-state index in [0.29, 0.717) is 12.1 Å². The van der Waals surface area contributed by atoms with Gasteiger partial charge in [-0.05, 0) is 17.7 Å². The summed E-state index contributed by atoms with van der Waals surface area (Å²) < 4.78 is 73.0. The van der Waals surface area contributed by atoms with E-state index in [4.69, 9.17) is 34.8 Å². The Hall–Kier alpha value is -0.370. The molecule has 0 aromatic heterocycles. The standard InChI is InChI=1S/C10H5Cl3F6O/c11-8(12,13)7(20)5-2-1-4(9(14,15)16)3-6(5)10(17,18)19/h1-3,7,20H. The summed E-state index contributed by atoms with van der Waals surface area (Å²) in [5, 5.41) is 9.52. The molecule has 0 aliphatic carbocycles. The smallest absolute Gasteiger partial charge is 0.384 e. The number of aliphatic hydroxyl groups is 1. The van der Waals surface area contributed by atoms with Crippen LogP contribution in [-0.2, 0) is 12.4 Å². The van der Waals surface area contributed by atoms with Crippen LogP contribution in [-0.4, -0.2) is 8.90 Å². The highest BCUT2D eigenvalue weighted by Crippen LogP contribution is 2.45. The summed E-state index contributed by atoms with van der Waals surface area (Å²) >= 11 is 15.8. The first-order valence-electron chi connectivity index (χ1n) is 4.77. The largest absolute Gasteiger partial charge is 0.416 e. The van der Waals surface area contributed by atoms with Gasteiger partial charge in [0.05, 0.1) is 11.1 Å². The third-order valence-corrected chi connectivity index (χ3v) is 2.91. The molecule has 1 nitrogen and oxygen atoms in total. The Morgan fingerprint density at radius 1 is 0.900 bits per heavy atom. The SMILES string of the molecule is OC(c1ccc(C(F)(F)F)cc1C(F)(F)F)C(Cl)(Cl)Cl. The molecule has 0 heterocycles. The fourth-order valence-electron chi connectivity index (χ4n) is 1.39. The molecule has 0 radical (unpaired) electrons. The first-order chi connectivity index (χ1) is 8.74. The molecule has 1 aromatic rings. The first kappa shape index (κ1) is 17.7. The monoisotopic (exact) mass is 360 g/mol. The lowest BCUT2D eigenvalue weighted by atomic mass is 9.99. The molecular weight excluding hydrogens is 356 g/mol. The minimum atomic E-state index is -5.15. The third kappa shape index (κ3) is 4.07. The van der Waals surface area contributed by atoms with Gasteiger partial charge in [-0.2, -0.15) is 26.3 Å². The van der Waals surface area contributed by atoms with Crippen molar-refractivity contribution >= 4 is 34.8 Å². The number of alkyl halides is 9. The van der Waals surface area contributed by atoms with Crippen molar-refractivity contribution in [2.24, 2.45) is 0 Å². The third-order valence-electron chi connectivity index (χ3n) is 2.29. The fourth-order valence-corrected chi connectivity index (χ4v) is 1.75. The van der Waals surface area contributed by atoms with Crippen molar-refractivity contribution in [2.75, 3.05) is 0 Å². The Morgan fingerprint density at radius 2 is 1.40 bits per heavy atom. The van der Waals surface area contributed by atoms with Gasteiger partial charge in [-0.1, -0.05) is 40.9 Å². The second-order valence-corrected chi connectivity index (χ2v) is 6.11. The summed E-state index contributed by atoms with van der Waals surface area (Å²) in [5.74, 6) is 0. The topological polar surface area (TPSA) is 20.2 Å². The average Bonchev–Trinajstić information content (AvgIpc) is 2.23. The van der Waals surface area contributed by atoms with E-state index in [1.807, 2.05) is 0 Å². The van der Waals surface area contributed by atoms with Gasteiger partial charge in [0, 0.05) is 0 Å². The van der Waals surface area contributed by atoms with Crippen molar-refractivity contribution in [2.45, 2.75) is 22.2 Å². The first-order valence-corrected chi connectivity index (χ1v) is 5.91. The molecule has 0 bridgehead atoms. The van der Waals surface area contributed by atoms with Crippen LogP contribution >= 0.6 is 34.8 Å². The molecule has 0 fully saturated rings. The van der Waals surface area contributed by atoms with E-state index in [1.165, 1.54) is 0 Å². The lowest BCUT2D eigenvalue weighted by Crippen LogP contribution is -2.22. The van der Waals surface area contributed by atoms with Crippen LogP contribution in [0.3, 0.4) is 0 Å². The average molecular weight is 361 g/mol. The van der Waals surface area contributed by atoms with E-state index >= 15 is 0 Å². The predicted octanol–water partition coefficient (Wildman–Crippen LogP) is 5.13. The van der Waals surface area contributed by atoms with Crippen LogP contribution in [0, 0.1) is 0 Å². The molecule has 1 unspecified atom stereocenters. The van der Waals surface area contributed by atoms with Crippen molar-refractivity contribution in [3.63, 3.8) is 0 Å². The minimum Gasteiger partial charge on any atom is -0.384 e. The van der Waals surface area contributed by atoms with Crippen LogP contribution < -0.4 is 0 Å². The second kappa shape index (κ2) is 5.44. The zero-order chi connectivity index (χ0) is 15.9. The van der Waals surface area contributed by atoms with Gasteiger partial charge in [-0.15, -0.1) is 0 Å². The lowest BCUT2D eigenvalue weighted by molar-refractivity contribution is -0.144. The maximum absolute atomic E-state index is 12.8. The molecule has 0 saturated carbocycles. The lowest BCUT2D eigenvalue weighted by Gasteiger charge is -2.23. The van der Waals surface area contributed by atoms with Gasteiger partial charge in [0.25, 0.3) is 0 Å². The molecular formula is C10H5Cl3F6O. The molecule has 0 aliphatic rings. The summed E-state index contributed by atoms with van der Waals surface area (Å²) in [6.07, 6.45) is -12.3. The van der Waals surface area contributed by atoms with E-state index in [2.05, 4.69) is 0 Å². The number of halogens is 9. The Bertz CT molecular complexity index is 491. The van der Waals surface area contributed by atoms with Gasteiger partial charge in [-0.25, -0.2) is 0 Å². The summed E-state index contributed by atoms with van der Waals surface area (Å²) in [5.41, 5.74) is -4.19. The number of benzene rings is 1. The molecule has 1 rings (SSSR count). The van der Waals surface area contributed by atoms with Crippen LogP contribution in [0.1, 0.15) is 22.8 Å². The van der Waals surface area contributed by atoms with Crippen LogP contribution in [0.2, 0.25) is 0 Å². The van der Waals surface area contributed by atoms with Crippen LogP contribution in [0.25, 0.3) is 0 Å². The quantitative estimate of drug-likeness (QED) is 0.543. The van der Waals surface area contributed by atoms with Gasteiger partial charge in [0.15, 0.2) is 0 Å². The normalized spacial score (nSPS) is 15.3. The molecule has 1 aromatic carbocycles. The van der Waals surface area contributed by atoms with E-state index in [0.717, 1.165) is 0 Å². The molecule has 0 spiro atoms. The number of hydrogen-bond donors (Lipinski definition) is 1. The summed E-state index contributed by atoms with van der Waals surface area (Å²) in [6, 6.07) is 0.650. The van der Waals surface area contributed by atoms with E-state index in [9.17, 15) is 31.4 Å². The van der Waals surface area contributed by atoms with Gasteiger partial charge in [0.2, 0.25) is 3.79 Å². The summed E-state index contributed by atoms with van der Waals surface area (Å²) in [6.45, 7) is 0. The number of hydrogen-bond acceptors (Lipinski definition) is 1.